The van der Waals surface area contributed by atoms with Crippen molar-refractivity contribution in [3.63, 3.8) is 0 Å². The number of aromatic nitrogens is 5. The van der Waals surface area contributed by atoms with Crippen LogP contribution in [0.3, 0.4) is 0 Å². The fourth-order valence-corrected chi connectivity index (χ4v) is 3.42. The molecule has 0 fully saturated rings. The van der Waals surface area contributed by atoms with Gasteiger partial charge in [0.15, 0.2) is 0 Å². The van der Waals surface area contributed by atoms with Crippen molar-refractivity contribution < 1.29 is 0 Å². The first-order valence-corrected chi connectivity index (χ1v) is 8.03. The largest absolute Gasteiger partial charge is 0.348 e. The van der Waals surface area contributed by atoms with Crippen LogP contribution in [0.15, 0.2) is 36.2 Å². The van der Waals surface area contributed by atoms with Crippen LogP contribution in [0.1, 0.15) is 25.5 Å². The first-order valence-electron chi connectivity index (χ1n) is 7.15. The molecule has 0 spiro atoms. The Bertz CT molecular complexity index is 931. The van der Waals surface area contributed by atoms with Crippen molar-refractivity contribution in [2.24, 2.45) is 0 Å². The van der Waals surface area contributed by atoms with Gasteiger partial charge in [0.25, 0.3) is 0 Å². The summed E-state index contributed by atoms with van der Waals surface area (Å²) >= 11 is 1.62. The molecule has 0 saturated heterocycles. The molecule has 110 valence electrons. The first kappa shape index (κ1) is 13.2. The van der Waals surface area contributed by atoms with Crippen LogP contribution in [0.25, 0.3) is 33.0 Å². The van der Waals surface area contributed by atoms with Crippen molar-refractivity contribution in [3.8, 4) is 22.0 Å². The molecule has 4 aromatic rings. The van der Waals surface area contributed by atoms with E-state index in [-0.39, 0.29) is 0 Å². The number of imidazole rings is 1. The molecule has 0 saturated carbocycles. The highest BCUT2D eigenvalue weighted by Gasteiger charge is 2.16. The van der Waals surface area contributed by atoms with Crippen LogP contribution in [0, 0.1) is 0 Å². The van der Waals surface area contributed by atoms with Gasteiger partial charge in [-0.3, -0.25) is 0 Å². The number of rotatable bonds is 3. The van der Waals surface area contributed by atoms with E-state index in [4.69, 9.17) is 4.98 Å². The number of H-pyrrole nitrogens is 2. The number of pyridine rings is 1. The van der Waals surface area contributed by atoms with Crippen LogP contribution in [0.5, 0.6) is 0 Å². The molecule has 2 N–H and O–H groups in total. The molecule has 5 nitrogen and oxygen atoms in total. The van der Waals surface area contributed by atoms with E-state index in [1.54, 1.807) is 23.9 Å². The van der Waals surface area contributed by atoms with E-state index in [1.165, 1.54) is 0 Å². The molecule has 4 heterocycles. The van der Waals surface area contributed by atoms with Crippen LogP contribution >= 0.6 is 11.3 Å². The zero-order valence-corrected chi connectivity index (χ0v) is 13.1. The van der Waals surface area contributed by atoms with Crippen molar-refractivity contribution in [2.45, 2.75) is 19.8 Å². The highest BCUT2D eigenvalue weighted by molar-refractivity contribution is 7.13. The summed E-state index contributed by atoms with van der Waals surface area (Å²) in [5, 5.41) is 4.10. The standard InChI is InChI=1S/C16H15N5S/c1-9(2)13-14(20-8-19-13)16-21-12(7-22-16)11-6-18-15-10(11)4-3-5-17-15/h3-9H,1-2H3,(H,17,18)(H,19,20). The molecule has 0 radical (unpaired) electrons. The Balaban J connectivity index is 1.80. The number of aromatic amines is 2. The number of nitrogens with zero attached hydrogens (tertiary/aromatic N) is 3. The highest BCUT2D eigenvalue weighted by atomic mass is 32.1. The van der Waals surface area contributed by atoms with Crippen LogP contribution in [-0.2, 0) is 0 Å². The Kier molecular flexibility index (Phi) is 3.04. The molecule has 0 amide bonds. The molecule has 0 aliphatic rings. The SMILES string of the molecule is CC(C)c1[nH]cnc1-c1nc(-c2c[nH]c3ncccc23)cs1. The maximum Gasteiger partial charge on any atom is 0.144 e. The monoisotopic (exact) mass is 309 g/mol. The molecule has 6 heteroatoms. The van der Waals surface area contributed by atoms with Gasteiger partial charge in [-0.05, 0) is 18.1 Å². The lowest BCUT2D eigenvalue weighted by Gasteiger charge is -2.02. The van der Waals surface area contributed by atoms with E-state index < -0.39 is 0 Å². The summed E-state index contributed by atoms with van der Waals surface area (Å²) in [5.74, 6) is 0.391. The van der Waals surface area contributed by atoms with Gasteiger partial charge < -0.3 is 9.97 Å². The molecular weight excluding hydrogens is 294 g/mol. The van der Waals surface area contributed by atoms with E-state index in [0.29, 0.717) is 5.92 Å². The highest BCUT2D eigenvalue weighted by Crippen LogP contribution is 2.34. The summed E-state index contributed by atoms with van der Waals surface area (Å²) < 4.78 is 0. The van der Waals surface area contributed by atoms with Gasteiger partial charge >= 0.3 is 0 Å². The van der Waals surface area contributed by atoms with E-state index in [0.717, 1.165) is 38.7 Å². The van der Waals surface area contributed by atoms with Gasteiger partial charge in [-0.2, -0.15) is 0 Å². The second-order valence-electron chi connectivity index (χ2n) is 5.46. The van der Waals surface area contributed by atoms with Crippen LogP contribution < -0.4 is 0 Å². The summed E-state index contributed by atoms with van der Waals surface area (Å²) in [5.41, 5.74) is 4.99. The van der Waals surface area contributed by atoms with E-state index >= 15 is 0 Å². The van der Waals surface area contributed by atoms with Gasteiger partial charge in [-0.25, -0.2) is 15.0 Å². The number of thiazole rings is 1. The van der Waals surface area contributed by atoms with Crippen molar-refractivity contribution in [1.29, 1.82) is 0 Å². The predicted octanol–water partition coefficient (Wildman–Crippen LogP) is 4.20. The number of fused-ring (bicyclic) bond motifs is 1. The average Bonchev–Trinajstić information content (AvgIpc) is 3.24. The van der Waals surface area contributed by atoms with Crippen LogP contribution in [0.2, 0.25) is 0 Å². The third kappa shape index (κ3) is 2.03. The lowest BCUT2D eigenvalue weighted by molar-refractivity contribution is 0.834. The van der Waals surface area contributed by atoms with Gasteiger partial charge in [0.05, 0.1) is 12.0 Å². The zero-order valence-electron chi connectivity index (χ0n) is 12.3. The van der Waals surface area contributed by atoms with Crippen molar-refractivity contribution >= 4 is 22.4 Å². The molecule has 0 atom stereocenters. The average molecular weight is 309 g/mol. The fourth-order valence-electron chi connectivity index (χ4n) is 2.59. The number of hydrogen-bond acceptors (Lipinski definition) is 4. The summed E-state index contributed by atoms with van der Waals surface area (Å²) in [7, 11) is 0. The van der Waals surface area contributed by atoms with Crippen molar-refractivity contribution in [3.05, 3.63) is 41.9 Å². The molecule has 0 aliphatic carbocycles. The molecule has 4 aromatic heterocycles. The van der Waals surface area contributed by atoms with Gasteiger partial charge in [0.1, 0.15) is 16.3 Å². The quantitative estimate of drug-likeness (QED) is 0.596. The molecule has 0 aliphatic heterocycles. The third-order valence-corrected chi connectivity index (χ3v) is 4.53. The Hall–Kier alpha value is -2.47. The second-order valence-corrected chi connectivity index (χ2v) is 6.32. The topological polar surface area (TPSA) is 70.2 Å². The smallest absolute Gasteiger partial charge is 0.144 e. The number of nitrogens with one attached hydrogen (secondary N) is 2. The Morgan fingerprint density at radius 2 is 2.09 bits per heavy atom. The summed E-state index contributed by atoms with van der Waals surface area (Å²) in [6.07, 6.45) is 5.49. The zero-order chi connectivity index (χ0) is 15.1. The summed E-state index contributed by atoms with van der Waals surface area (Å²) in [6, 6.07) is 4.00. The fraction of sp³-hybridized carbons (Fsp3) is 0.188. The number of hydrogen-bond donors (Lipinski definition) is 2. The summed E-state index contributed by atoms with van der Waals surface area (Å²) in [4.78, 5) is 19.9. The lowest BCUT2D eigenvalue weighted by atomic mass is 10.1. The molecule has 0 aromatic carbocycles. The molecule has 22 heavy (non-hydrogen) atoms. The van der Waals surface area contributed by atoms with Crippen molar-refractivity contribution in [1.82, 2.24) is 24.9 Å². The molecule has 0 unspecified atom stereocenters. The van der Waals surface area contributed by atoms with E-state index in [1.807, 2.05) is 12.3 Å². The van der Waals surface area contributed by atoms with Crippen LogP contribution in [-0.4, -0.2) is 24.9 Å². The Morgan fingerprint density at radius 3 is 2.95 bits per heavy atom. The third-order valence-electron chi connectivity index (χ3n) is 3.68. The van der Waals surface area contributed by atoms with Gasteiger partial charge in [-0.15, -0.1) is 11.3 Å². The Morgan fingerprint density at radius 1 is 1.18 bits per heavy atom. The minimum absolute atomic E-state index is 0.391. The minimum Gasteiger partial charge on any atom is -0.348 e. The minimum atomic E-state index is 0.391. The van der Waals surface area contributed by atoms with Gasteiger partial charge in [0, 0.05) is 34.4 Å². The second kappa shape index (κ2) is 5.06. The van der Waals surface area contributed by atoms with Gasteiger partial charge in [-0.1, -0.05) is 13.8 Å². The maximum atomic E-state index is 4.78. The van der Waals surface area contributed by atoms with E-state index in [2.05, 4.69) is 45.2 Å². The van der Waals surface area contributed by atoms with E-state index in [9.17, 15) is 0 Å². The van der Waals surface area contributed by atoms with Crippen LogP contribution in [0.4, 0.5) is 0 Å². The summed E-state index contributed by atoms with van der Waals surface area (Å²) in [6.45, 7) is 4.30. The molecule has 0 bridgehead atoms. The van der Waals surface area contributed by atoms with Crippen molar-refractivity contribution in [2.75, 3.05) is 0 Å². The molecular formula is C16H15N5S. The lowest BCUT2D eigenvalue weighted by Crippen LogP contribution is -1.91. The van der Waals surface area contributed by atoms with Gasteiger partial charge in [0.2, 0.25) is 0 Å². The normalized spacial score (nSPS) is 11.6. The maximum absolute atomic E-state index is 4.78. The predicted molar refractivity (Wildman–Crippen MR) is 88.9 cm³/mol. The first-order chi connectivity index (χ1) is 10.7. The molecule has 4 rings (SSSR count). The Labute approximate surface area is 131 Å².